The first-order valence-corrected chi connectivity index (χ1v) is 12.6. The number of anilines is 1. The molecule has 2 aromatic heterocycles. The van der Waals surface area contributed by atoms with Crippen LogP contribution in [0.15, 0.2) is 55.0 Å². The Balaban J connectivity index is 0.00000123. The van der Waals surface area contributed by atoms with Crippen molar-refractivity contribution in [2.24, 2.45) is 5.41 Å². The number of imidazole rings is 1. The maximum atomic E-state index is 12.8. The van der Waals surface area contributed by atoms with Crippen molar-refractivity contribution in [2.45, 2.75) is 68.4 Å². The van der Waals surface area contributed by atoms with Crippen molar-refractivity contribution in [1.29, 1.82) is 0 Å². The topological polar surface area (TPSA) is 73.1 Å². The number of pyridine rings is 1. The van der Waals surface area contributed by atoms with Crippen LogP contribution in [-0.4, -0.2) is 41.0 Å². The third-order valence-electron chi connectivity index (χ3n) is 5.89. The molecule has 7 nitrogen and oxygen atoms in total. The number of carbonyl (C=O) groups is 2. The summed E-state index contributed by atoms with van der Waals surface area (Å²) in [5.74, 6) is -0.520. The van der Waals surface area contributed by atoms with Crippen LogP contribution in [0.5, 0.6) is 0 Å². The Morgan fingerprint density at radius 3 is 2.28 bits per heavy atom. The van der Waals surface area contributed by atoms with E-state index in [4.69, 9.17) is 9.47 Å². The highest BCUT2D eigenvalue weighted by Crippen LogP contribution is 2.36. The number of aromatic nitrogens is 2. The molecule has 0 atom stereocenters. The Bertz CT molecular complexity index is 1070. The predicted molar refractivity (Wildman–Crippen MR) is 146 cm³/mol. The van der Waals surface area contributed by atoms with E-state index in [-0.39, 0.29) is 26.0 Å². The summed E-state index contributed by atoms with van der Waals surface area (Å²) < 4.78 is 12.6. The van der Waals surface area contributed by atoms with E-state index in [1.807, 2.05) is 81.6 Å². The second-order valence-electron chi connectivity index (χ2n) is 8.10. The lowest BCUT2D eigenvalue weighted by Gasteiger charge is -2.38. The summed E-state index contributed by atoms with van der Waals surface area (Å²) in [6.45, 7) is 13.7. The van der Waals surface area contributed by atoms with Crippen LogP contribution in [0.25, 0.3) is 5.65 Å². The highest BCUT2D eigenvalue weighted by Gasteiger charge is 2.39. The van der Waals surface area contributed by atoms with Crippen molar-refractivity contribution < 1.29 is 19.1 Å². The molecule has 0 amide bonds. The molecule has 0 bridgehead atoms. The van der Waals surface area contributed by atoms with E-state index in [9.17, 15) is 9.59 Å². The third kappa shape index (κ3) is 7.33. The van der Waals surface area contributed by atoms with E-state index in [0.717, 1.165) is 16.9 Å². The first-order valence-electron chi connectivity index (χ1n) is 12.6. The van der Waals surface area contributed by atoms with Crippen LogP contribution < -0.4 is 4.90 Å². The van der Waals surface area contributed by atoms with Crippen LogP contribution >= 0.6 is 0 Å². The number of hydrogen-bond donors (Lipinski definition) is 0. The minimum Gasteiger partial charge on any atom is -0.462 e. The molecule has 1 aliphatic heterocycles. The summed E-state index contributed by atoms with van der Waals surface area (Å²) in [4.78, 5) is 31.7. The highest BCUT2D eigenvalue weighted by atomic mass is 16.5. The average molecular weight is 498 g/mol. The van der Waals surface area contributed by atoms with Crippen LogP contribution in [0.1, 0.15) is 77.7 Å². The van der Waals surface area contributed by atoms with Gasteiger partial charge in [0.25, 0.3) is 0 Å². The largest absolute Gasteiger partial charge is 0.462 e. The molecule has 1 saturated heterocycles. The normalized spacial score (nSPS) is 13.8. The fraction of sp³-hybridized carbons (Fsp3) is 0.483. The van der Waals surface area contributed by atoms with Gasteiger partial charge in [-0.1, -0.05) is 65.5 Å². The summed E-state index contributed by atoms with van der Waals surface area (Å²) in [5, 5.41) is 0. The van der Waals surface area contributed by atoms with Gasteiger partial charge in [0.2, 0.25) is 0 Å². The Kier molecular flexibility index (Phi) is 12.7. The first kappa shape index (κ1) is 30.7. The molecule has 7 heteroatoms. The van der Waals surface area contributed by atoms with E-state index in [0.29, 0.717) is 38.1 Å². The van der Waals surface area contributed by atoms with Crippen molar-refractivity contribution >= 4 is 23.3 Å². The van der Waals surface area contributed by atoms with Gasteiger partial charge in [0, 0.05) is 31.7 Å². The molecule has 0 aliphatic carbocycles. The number of ether oxygens (including phenoxy) is 2. The molecule has 3 aromatic rings. The van der Waals surface area contributed by atoms with Crippen molar-refractivity contribution in [1.82, 2.24) is 9.38 Å². The average Bonchev–Trinajstić information content (AvgIpc) is 3.39. The van der Waals surface area contributed by atoms with E-state index < -0.39 is 5.41 Å². The lowest BCUT2D eigenvalue weighted by Crippen LogP contribution is -2.43. The molecule has 4 rings (SSSR count). The fourth-order valence-electron chi connectivity index (χ4n) is 3.92. The van der Waals surface area contributed by atoms with E-state index in [1.54, 1.807) is 19.3 Å². The van der Waals surface area contributed by atoms with Crippen molar-refractivity contribution in [2.75, 3.05) is 24.6 Å². The van der Waals surface area contributed by atoms with Crippen LogP contribution in [-0.2, 0) is 20.9 Å². The summed E-state index contributed by atoms with van der Waals surface area (Å²) in [6, 6.07) is 11.5. The Morgan fingerprint density at radius 2 is 1.67 bits per heavy atom. The zero-order valence-electron chi connectivity index (χ0n) is 21.9. The number of benzene rings is 1. The van der Waals surface area contributed by atoms with Crippen LogP contribution in [0.3, 0.4) is 0 Å². The van der Waals surface area contributed by atoms with Gasteiger partial charge in [0.1, 0.15) is 6.61 Å². The molecule has 0 unspecified atom stereocenters. The Labute approximate surface area is 216 Å². The number of piperidine rings is 1. The molecule has 0 spiro atoms. The van der Waals surface area contributed by atoms with Gasteiger partial charge in [-0.2, -0.15) is 0 Å². The maximum Gasteiger partial charge on any atom is 0.339 e. The van der Waals surface area contributed by atoms with E-state index >= 15 is 0 Å². The van der Waals surface area contributed by atoms with Gasteiger partial charge in [-0.3, -0.25) is 4.79 Å². The molecular formula is C29H43N3O4. The first-order chi connectivity index (χ1) is 17.0. The van der Waals surface area contributed by atoms with Gasteiger partial charge in [0.05, 0.1) is 23.3 Å². The molecular weight excluding hydrogens is 454 g/mol. The minimum absolute atomic E-state index is 0. The monoisotopic (exact) mass is 497 g/mol. The Hall–Kier alpha value is -3.35. The molecule has 0 N–H and O–H groups in total. The zero-order chi connectivity index (χ0) is 25.8. The lowest BCUT2D eigenvalue weighted by molar-refractivity contribution is -0.157. The molecule has 198 valence electrons. The highest BCUT2D eigenvalue weighted by molar-refractivity contribution is 5.92. The molecule has 0 radical (unpaired) electrons. The smallest absolute Gasteiger partial charge is 0.339 e. The summed E-state index contributed by atoms with van der Waals surface area (Å²) in [7, 11) is 0. The molecule has 1 fully saturated rings. The number of nitrogens with zero attached hydrogens (tertiary/aromatic N) is 3. The second-order valence-corrected chi connectivity index (χ2v) is 8.10. The van der Waals surface area contributed by atoms with E-state index in [1.165, 1.54) is 0 Å². The number of fused-ring (bicyclic) bond motifs is 1. The lowest BCUT2D eigenvalue weighted by atomic mass is 9.80. The summed E-state index contributed by atoms with van der Waals surface area (Å²) in [6.07, 6.45) is 6.59. The van der Waals surface area contributed by atoms with Crippen LogP contribution in [0.4, 0.5) is 5.69 Å². The van der Waals surface area contributed by atoms with Crippen LogP contribution in [0, 0.1) is 5.41 Å². The maximum absolute atomic E-state index is 12.8. The molecule has 36 heavy (non-hydrogen) atoms. The summed E-state index contributed by atoms with van der Waals surface area (Å²) in [5.41, 5.74) is 2.58. The van der Waals surface area contributed by atoms with Crippen molar-refractivity contribution in [3.05, 3.63) is 66.1 Å². The second kappa shape index (κ2) is 14.9. The van der Waals surface area contributed by atoms with Gasteiger partial charge in [-0.05, 0) is 38.3 Å². The Morgan fingerprint density at radius 1 is 1.03 bits per heavy atom. The number of hydrogen-bond acceptors (Lipinski definition) is 6. The summed E-state index contributed by atoms with van der Waals surface area (Å²) >= 11 is 0. The molecule has 1 aromatic carbocycles. The van der Waals surface area contributed by atoms with Crippen LogP contribution in [0.2, 0.25) is 0 Å². The van der Waals surface area contributed by atoms with Gasteiger partial charge in [0.15, 0.2) is 5.65 Å². The minimum atomic E-state index is -0.532. The number of esters is 2. The molecule has 1 aliphatic rings. The van der Waals surface area contributed by atoms with Crippen molar-refractivity contribution in [3.63, 3.8) is 0 Å². The van der Waals surface area contributed by atoms with Gasteiger partial charge < -0.3 is 18.8 Å². The fourth-order valence-corrected chi connectivity index (χ4v) is 3.92. The van der Waals surface area contributed by atoms with E-state index in [2.05, 4.69) is 9.88 Å². The predicted octanol–water partition coefficient (Wildman–Crippen LogP) is 6.55. The number of carbonyl (C=O) groups excluding carboxylic acids is 2. The SMILES string of the molecule is C.CC.CC.CCOC(=O)c1cc(N2CCC(C)(C(=O)OCc3ccccc3)CC2)c2nccn2c1. The van der Waals surface area contributed by atoms with Crippen molar-refractivity contribution in [3.8, 4) is 0 Å². The van der Waals surface area contributed by atoms with Gasteiger partial charge in [-0.15, -0.1) is 0 Å². The number of rotatable bonds is 6. The molecule has 3 heterocycles. The van der Waals surface area contributed by atoms with Gasteiger partial charge >= 0.3 is 11.9 Å². The third-order valence-corrected chi connectivity index (χ3v) is 5.89. The zero-order valence-corrected chi connectivity index (χ0v) is 21.9. The standard InChI is InChI=1S/C24H27N3O4.2C2H6.CH4/c1-3-30-22(28)19-15-20(21-25-11-14-27(21)16-19)26-12-9-24(2,10-13-26)23(29)31-17-18-7-5-4-6-8-18;2*1-2;/h4-8,11,14-16H,3,9-10,12-13,17H2,1-2H3;2*1-2H3;1H4. The quantitative estimate of drug-likeness (QED) is 0.360. The molecule has 0 saturated carbocycles. The van der Waals surface area contributed by atoms with Gasteiger partial charge in [-0.25, -0.2) is 9.78 Å².